The monoisotopic (exact) mass is 412 g/mol. The van der Waals surface area contributed by atoms with Gasteiger partial charge in [-0.1, -0.05) is 53.5 Å². The summed E-state index contributed by atoms with van der Waals surface area (Å²) in [7, 11) is 1.51. The summed E-state index contributed by atoms with van der Waals surface area (Å²) in [5.74, 6) is 0.0568. The van der Waals surface area contributed by atoms with E-state index in [0.717, 1.165) is 5.56 Å². The van der Waals surface area contributed by atoms with Gasteiger partial charge in [-0.05, 0) is 17.7 Å². The average molecular weight is 413 g/mol. The molecule has 0 radical (unpaired) electrons. The molecule has 3 aromatic rings. The second-order valence-corrected chi connectivity index (χ2v) is 6.96. The van der Waals surface area contributed by atoms with E-state index in [9.17, 15) is 5.26 Å². The summed E-state index contributed by atoms with van der Waals surface area (Å²) >= 11 is 12.6. The number of fused-ring (bicyclic) bond motifs is 1. The van der Waals surface area contributed by atoms with Gasteiger partial charge in [0.1, 0.15) is 17.4 Å². The number of rotatable bonds is 3. The normalized spacial score (nSPS) is 15.6. The van der Waals surface area contributed by atoms with Crippen LogP contribution in [-0.4, -0.2) is 17.3 Å². The summed E-state index contributed by atoms with van der Waals surface area (Å²) in [6.07, 6.45) is 0. The van der Waals surface area contributed by atoms with Crippen LogP contribution in [-0.2, 0) is 0 Å². The van der Waals surface area contributed by atoms with E-state index >= 15 is 0 Å². The molecule has 1 aliphatic rings. The zero-order valence-corrected chi connectivity index (χ0v) is 16.2. The molecular weight excluding hydrogens is 399 g/mol. The lowest BCUT2D eigenvalue weighted by Crippen LogP contribution is -2.21. The van der Waals surface area contributed by atoms with Crippen LogP contribution in [0.25, 0.3) is 11.3 Å². The topological polar surface area (TPSA) is 96.9 Å². The maximum absolute atomic E-state index is 9.81. The number of nitrogens with zero attached hydrogens (tertiary/aromatic N) is 2. The van der Waals surface area contributed by atoms with Gasteiger partial charge in [-0.2, -0.15) is 5.26 Å². The van der Waals surface area contributed by atoms with Crippen LogP contribution in [0.15, 0.2) is 53.9 Å². The molecule has 2 heterocycles. The first kappa shape index (κ1) is 18.2. The predicted molar refractivity (Wildman–Crippen MR) is 106 cm³/mol. The lowest BCUT2D eigenvalue weighted by molar-refractivity contribution is 0.375. The van der Waals surface area contributed by atoms with Gasteiger partial charge in [-0.25, -0.2) is 0 Å². The van der Waals surface area contributed by atoms with E-state index in [4.69, 9.17) is 38.4 Å². The van der Waals surface area contributed by atoms with E-state index in [1.165, 1.54) is 7.11 Å². The Bertz CT molecular complexity index is 1130. The van der Waals surface area contributed by atoms with Crippen LogP contribution in [0.2, 0.25) is 10.0 Å². The van der Waals surface area contributed by atoms with Crippen molar-refractivity contribution in [3.05, 3.63) is 75.1 Å². The van der Waals surface area contributed by atoms with Crippen molar-refractivity contribution in [2.75, 3.05) is 7.11 Å². The fraction of sp³-hybridized carbons (Fsp3) is 0.100. The summed E-state index contributed by atoms with van der Waals surface area (Å²) in [5.41, 5.74) is 9.10. The van der Waals surface area contributed by atoms with Gasteiger partial charge in [0.25, 0.3) is 0 Å². The molecule has 2 aromatic carbocycles. The molecular formula is C20H14Cl2N4O2. The van der Waals surface area contributed by atoms with Crippen molar-refractivity contribution in [3.63, 3.8) is 0 Å². The van der Waals surface area contributed by atoms with Crippen molar-refractivity contribution in [1.29, 1.82) is 5.26 Å². The molecule has 1 aliphatic heterocycles. The van der Waals surface area contributed by atoms with Crippen molar-refractivity contribution in [1.82, 2.24) is 10.2 Å². The average Bonchev–Trinajstić information content (AvgIpc) is 3.10. The van der Waals surface area contributed by atoms with Gasteiger partial charge in [0.15, 0.2) is 0 Å². The molecule has 140 valence electrons. The number of H-pyrrole nitrogens is 1. The minimum Gasteiger partial charge on any atom is -0.495 e. The highest BCUT2D eigenvalue weighted by atomic mass is 35.5. The SMILES string of the molecule is COc1c(Cl)cc(Cl)cc1C1C(C#N)=C(N)Oc2n[nH]c(-c3ccccc3)c21. The molecule has 0 saturated carbocycles. The quantitative estimate of drug-likeness (QED) is 0.654. The van der Waals surface area contributed by atoms with Crippen molar-refractivity contribution in [2.45, 2.75) is 5.92 Å². The maximum Gasteiger partial charge on any atom is 0.244 e. The van der Waals surface area contributed by atoms with Crippen LogP contribution in [0.3, 0.4) is 0 Å². The largest absolute Gasteiger partial charge is 0.495 e. The molecule has 1 unspecified atom stereocenters. The number of ether oxygens (including phenoxy) is 2. The highest BCUT2D eigenvalue weighted by Gasteiger charge is 2.37. The number of halogens is 2. The van der Waals surface area contributed by atoms with E-state index in [1.807, 2.05) is 30.3 Å². The van der Waals surface area contributed by atoms with Gasteiger partial charge >= 0.3 is 0 Å². The third kappa shape index (κ3) is 2.85. The minimum atomic E-state index is -0.617. The van der Waals surface area contributed by atoms with Gasteiger partial charge in [-0.3, -0.25) is 5.10 Å². The molecule has 1 aromatic heterocycles. The number of nitriles is 1. The lowest BCUT2D eigenvalue weighted by atomic mass is 9.82. The van der Waals surface area contributed by atoms with Gasteiger partial charge in [0.05, 0.1) is 29.3 Å². The number of hydrogen-bond acceptors (Lipinski definition) is 5. The number of methoxy groups -OCH3 is 1. The molecule has 0 spiro atoms. The zero-order valence-electron chi connectivity index (χ0n) is 14.7. The first-order chi connectivity index (χ1) is 13.5. The highest BCUT2D eigenvalue weighted by molar-refractivity contribution is 6.35. The standard InChI is InChI=1S/C20H14Cl2N4O2/c1-27-18-12(7-11(21)8-14(18)22)15-13(9-23)19(24)28-20-16(15)17(25-26-20)10-5-3-2-4-6-10/h2-8,15H,24H2,1H3,(H,25,26). The van der Waals surface area contributed by atoms with E-state index in [0.29, 0.717) is 38.5 Å². The molecule has 0 fully saturated rings. The molecule has 0 saturated heterocycles. The van der Waals surface area contributed by atoms with Gasteiger partial charge in [0, 0.05) is 10.6 Å². The number of allylic oxidation sites excluding steroid dienone is 1. The second kappa shape index (κ2) is 7.12. The van der Waals surface area contributed by atoms with Crippen molar-refractivity contribution < 1.29 is 9.47 Å². The third-order valence-electron chi connectivity index (χ3n) is 4.55. The molecule has 8 heteroatoms. The first-order valence-corrected chi connectivity index (χ1v) is 9.05. The van der Waals surface area contributed by atoms with Crippen LogP contribution < -0.4 is 15.2 Å². The van der Waals surface area contributed by atoms with Crippen LogP contribution >= 0.6 is 23.2 Å². The summed E-state index contributed by atoms with van der Waals surface area (Å²) in [6, 6.07) is 15.0. The fourth-order valence-corrected chi connectivity index (χ4v) is 3.98. The van der Waals surface area contributed by atoms with Crippen LogP contribution in [0.4, 0.5) is 0 Å². The molecule has 6 nitrogen and oxygen atoms in total. The van der Waals surface area contributed by atoms with Gasteiger partial charge in [0.2, 0.25) is 11.8 Å². The number of nitrogens with two attached hydrogens (primary N) is 1. The molecule has 3 N–H and O–H groups in total. The van der Waals surface area contributed by atoms with Crippen LogP contribution in [0.5, 0.6) is 11.6 Å². The van der Waals surface area contributed by atoms with E-state index < -0.39 is 5.92 Å². The Labute approximate surface area is 171 Å². The van der Waals surface area contributed by atoms with Crippen LogP contribution in [0, 0.1) is 11.3 Å². The molecule has 0 bridgehead atoms. The van der Waals surface area contributed by atoms with Crippen LogP contribution in [0.1, 0.15) is 17.0 Å². The molecule has 0 aliphatic carbocycles. The van der Waals surface area contributed by atoms with Crippen molar-refractivity contribution in [3.8, 4) is 29.0 Å². The smallest absolute Gasteiger partial charge is 0.244 e. The molecule has 4 rings (SSSR count). The lowest BCUT2D eigenvalue weighted by Gasteiger charge is -2.26. The Morgan fingerprint density at radius 3 is 2.68 bits per heavy atom. The molecule has 0 amide bonds. The highest BCUT2D eigenvalue weighted by Crippen LogP contribution is 2.49. The van der Waals surface area contributed by atoms with Gasteiger partial charge in [-0.15, -0.1) is 5.10 Å². The Hall–Kier alpha value is -3.14. The summed E-state index contributed by atoms with van der Waals surface area (Å²) < 4.78 is 11.1. The number of aromatic amines is 1. The summed E-state index contributed by atoms with van der Waals surface area (Å²) in [5, 5.41) is 17.8. The van der Waals surface area contributed by atoms with Crippen molar-refractivity contribution >= 4 is 23.2 Å². The minimum absolute atomic E-state index is 0.0238. The second-order valence-electron chi connectivity index (χ2n) is 6.12. The predicted octanol–water partition coefficient (Wildman–Crippen LogP) is 4.61. The molecule has 1 atom stereocenters. The van der Waals surface area contributed by atoms with E-state index in [2.05, 4.69) is 16.3 Å². The number of benzene rings is 2. The first-order valence-electron chi connectivity index (χ1n) is 8.29. The van der Waals surface area contributed by atoms with Gasteiger partial charge < -0.3 is 15.2 Å². The molecule has 28 heavy (non-hydrogen) atoms. The number of aromatic nitrogens is 2. The Morgan fingerprint density at radius 1 is 1.25 bits per heavy atom. The number of hydrogen-bond donors (Lipinski definition) is 2. The van der Waals surface area contributed by atoms with Crippen molar-refractivity contribution in [2.24, 2.45) is 5.73 Å². The van der Waals surface area contributed by atoms with E-state index in [1.54, 1.807) is 12.1 Å². The Morgan fingerprint density at radius 2 is 2.00 bits per heavy atom. The Balaban J connectivity index is 2.03. The Kier molecular flexibility index (Phi) is 4.63. The fourth-order valence-electron chi connectivity index (χ4n) is 3.39. The zero-order chi connectivity index (χ0) is 19.8. The summed E-state index contributed by atoms with van der Waals surface area (Å²) in [4.78, 5) is 0. The van der Waals surface area contributed by atoms with E-state index in [-0.39, 0.29) is 11.5 Å². The maximum atomic E-state index is 9.81. The summed E-state index contributed by atoms with van der Waals surface area (Å²) in [6.45, 7) is 0. The third-order valence-corrected chi connectivity index (χ3v) is 5.05. The number of nitrogens with one attached hydrogen (secondary N) is 1.